The van der Waals surface area contributed by atoms with E-state index in [0.29, 0.717) is 24.1 Å². The van der Waals surface area contributed by atoms with Gasteiger partial charge in [0, 0.05) is 30.8 Å². The number of rotatable bonds is 6. The average Bonchev–Trinajstić information content (AvgIpc) is 3.21. The molecule has 1 aliphatic carbocycles. The first-order valence-corrected chi connectivity index (χ1v) is 10.1. The highest BCUT2D eigenvalue weighted by atomic mass is 16.7. The van der Waals surface area contributed by atoms with Crippen molar-refractivity contribution in [2.75, 3.05) is 25.7 Å². The third kappa shape index (κ3) is 4.47. The third-order valence-corrected chi connectivity index (χ3v) is 5.94. The Balaban J connectivity index is 1.21. The van der Waals surface area contributed by atoms with Crippen LogP contribution in [0.5, 0.6) is 11.5 Å². The fourth-order valence-electron chi connectivity index (χ4n) is 4.23. The molecule has 28 heavy (non-hydrogen) atoms. The van der Waals surface area contributed by atoms with Gasteiger partial charge in [-0.15, -0.1) is 0 Å². The summed E-state index contributed by atoms with van der Waals surface area (Å²) in [6, 6.07) is 16.9. The number of nitrogens with zero attached hydrogens (tertiary/aromatic N) is 1. The van der Waals surface area contributed by atoms with E-state index in [9.17, 15) is 4.79 Å². The Kier molecular flexibility index (Phi) is 5.81. The summed E-state index contributed by atoms with van der Waals surface area (Å²) in [5.41, 5.74) is 2.21. The van der Waals surface area contributed by atoms with Gasteiger partial charge in [-0.25, -0.2) is 0 Å². The van der Waals surface area contributed by atoms with Crippen LogP contribution in [0.3, 0.4) is 0 Å². The molecular weight excluding hydrogens is 352 g/mol. The first kappa shape index (κ1) is 18.8. The number of anilines is 1. The molecule has 5 heteroatoms. The predicted molar refractivity (Wildman–Crippen MR) is 110 cm³/mol. The quantitative estimate of drug-likeness (QED) is 0.807. The fraction of sp³-hybridized carbons (Fsp3) is 0.435. The van der Waals surface area contributed by atoms with E-state index in [1.807, 2.05) is 18.2 Å². The molecule has 1 aliphatic heterocycles. The summed E-state index contributed by atoms with van der Waals surface area (Å²) >= 11 is 0. The summed E-state index contributed by atoms with van der Waals surface area (Å²) in [6.07, 6.45) is 5.33. The Bertz CT molecular complexity index is 801. The minimum Gasteiger partial charge on any atom is -0.454 e. The van der Waals surface area contributed by atoms with Gasteiger partial charge in [-0.3, -0.25) is 4.79 Å². The third-order valence-electron chi connectivity index (χ3n) is 5.94. The van der Waals surface area contributed by atoms with Crippen molar-refractivity contribution < 1.29 is 14.3 Å². The molecule has 1 heterocycles. The normalized spacial score (nSPS) is 20.9. The van der Waals surface area contributed by atoms with E-state index in [-0.39, 0.29) is 12.7 Å². The molecule has 148 valence electrons. The summed E-state index contributed by atoms with van der Waals surface area (Å²) in [5, 5.41) is 2.96. The lowest BCUT2D eigenvalue weighted by molar-refractivity contribution is -0.116. The van der Waals surface area contributed by atoms with E-state index in [4.69, 9.17) is 9.47 Å². The minimum atomic E-state index is 0.0312. The Morgan fingerprint density at radius 1 is 1.04 bits per heavy atom. The number of nitrogens with one attached hydrogen (secondary N) is 1. The maximum atomic E-state index is 12.3. The van der Waals surface area contributed by atoms with Crippen molar-refractivity contribution in [2.24, 2.45) is 0 Å². The molecule has 0 unspecified atom stereocenters. The first-order valence-electron chi connectivity index (χ1n) is 10.1. The number of amides is 1. The van der Waals surface area contributed by atoms with Gasteiger partial charge >= 0.3 is 0 Å². The van der Waals surface area contributed by atoms with E-state index in [0.717, 1.165) is 18.0 Å². The van der Waals surface area contributed by atoms with Gasteiger partial charge in [-0.1, -0.05) is 30.3 Å². The highest BCUT2D eigenvalue weighted by molar-refractivity contribution is 5.91. The molecule has 4 rings (SSSR count). The van der Waals surface area contributed by atoms with E-state index < -0.39 is 0 Å². The second-order valence-electron chi connectivity index (χ2n) is 7.76. The van der Waals surface area contributed by atoms with Crippen LogP contribution < -0.4 is 14.8 Å². The Morgan fingerprint density at radius 2 is 1.79 bits per heavy atom. The molecule has 1 amide bonds. The Hall–Kier alpha value is -2.53. The zero-order valence-electron chi connectivity index (χ0n) is 16.4. The van der Waals surface area contributed by atoms with Crippen molar-refractivity contribution in [3.05, 3.63) is 54.1 Å². The van der Waals surface area contributed by atoms with E-state index in [1.165, 1.54) is 31.2 Å². The summed E-state index contributed by atoms with van der Waals surface area (Å²) in [7, 11) is 2.14. The maximum Gasteiger partial charge on any atom is 0.231 e. The van der Waals surface area contributed by atoms with Crippen molar-refractivity contribution in [2.45, 2.75) is 44.1 Å². The lowest BCUT2D eigenvalue weighted by Gasteiger charge is -2.34. The molecule has 0 atom stereocenters. The predicted octanol–water partition coefficient (Wildman–Crippen LogP) is 4.40. The molecule has 0 aromatic heterocycles. The van der Waals surface area contributed by atoms with Crippen LogP contribution in [-0.4, -0.2) is 37.2 Å². The monoisotopic (exact) mass is 380 g/mol. The smallest absolute Gasteiger partial charge is 0.231 e. The van der Waals surface area contributed by atoms with Gasteiger partial charge in [0.25, 0.3) is 0 Å². The molecule has 0 spiro atoms. The number of fused-ring (bicyclic) bond motifs is 1. The Labute approximate surface area is 166 Å². The lowest BCUT2D eigenvalue weighted by atomic mass is 9.81. The van der Waals surface area contributed by atoms with Gasteiger partial charge in [0.1, 0.15) is 0 Å². The number of ether oxygens (including phenoxy) is 2. The number of hydrogen-bond acceptors (Lipinski definition) is 4. The van der Waals surface area contributed by atoms with Gasteiger partial charge in [-0.2, -0.15) is 0 Å². The van der Waals surface area contributed by atoms with Gasteiger partial charge in [0.05, 0.1) is 0 Å². The van der Waals surface area contributed by atoms with Gasteiger partial charge in [0.15, 0.2) is 11.5 Å². The largest absolute Gasteiger partial charge is 0.454 e. The zero-order valence-corrected chi connectivity index (χ0v) is 16.4. The van der Waals surface area contributed by atoms with Crippen LogP contribution in [0, 0.1) is 0 Å². The van der Waals surface area contributed by atoms with Crippen molar-refractivity contribution in [1.29, 1.82) is 0 Å². The van der Waals surface area contributed by atoms with Gasteiger partial charge in [-0.05, 0) is 56.3 Å². The fourth-order valence-corrected chi connectivity index (χ4v) is 4.23. The van der Waals surface area contributed by atoms with Crippen LogP contribution >= 0.6 is 0 Å². The second kappa shape index (κ2) is 8.65. The second-order valence-corrected chi connectivity index (χ2v) is 7.76. The number of hydrogen-bond donors (Lipinski definition) is 1. The molecular formula is C23H28N2O3. The topological polar surface area (TPSA) is 50.8 Å². The summed E-state index contributed by atoms with van der Waals surface area (Å²) in [6.45, 7) is 1.01. The van der Waals surface area contributed by atoms with Crippen molar-refractivity contribution in [3.63, 3.8) is 0 Å². The van der Waals surface area contributed by atoms with Crippen LogP contribution in [0.4, 0.5) is 5.69 Å². The molecule has 1 fully saturated rings. The summed E-state index contributed by atoms with van der Waals surface area (Å²) in [4.78, 5) is 14.7. The van der Waals surface area contributed by atoms with Crippen LogP contribution in [-0.2, 0) is 4.79 Å². The average molecular weight is 380 g/mol. The van der Waals surface area contributed by atoms with Gasteiger partial charge < -0.3 is 19.7 Å². The number of benzene rings is 2. The molecule has 0 saturated heterocycles. The van der Waals surface area contributed by atoms with Crippen molar-refractivity contribution in [3.8, 4) is 11.5 Å². The van der Waals surface area contributed by atoms with Crippen LogP contribution in [0.1, 0.15) is 43.6 Å². The van der Waals surface area contributed by atoms with Crippen molar-refractivity contribution >= 4 is 11.6 Å². The van der Waals surface area contributed by atoms with Crippen LogP contribution in [0.25, 0.3) is 0 Å². The molecule has 1 N–H and O–H groups in total. The Morgan fingerprint density at radius 3 is 2.57 bits per heavy atom. The SMILES string of the molecule is CN(CCC(=O)Nc1ccc2c(c1)OCO2)C1CCC(c2ccccc2)CC1. The molecule has 5 nitrogen and oxygen atoms in total. The van der Waals surface area contributed by atoms with E-state index in [1.54, 1.807) is 0 Å². The highest BCUT2D eigenvalue weighted by Gasteiger charge is 2.25. The maximum absolute atomic E-state index is 12.3. The number of carbonyl (C=O) groups excluding carboxylic acids is 1. The standard InChI is InChI=1S/C23H28N2O3/c1-25(20-10-7-18(8-11-20)17-5-3-2-4-6-17)14-13-23(26)24-19-9-12-21-22(15-19)28-16-27-21/h2-6,9,12,15,18,20H,7-8,10-11,13-14,16H2,1H3,(H,24,26). The van der Waals surface area contributed by atoms with Crippen LogP contribution in [0.2, 0.25) is 0 Å². The summed E-state index contributed by atoms with van der Waals surface area (Å²) in [5.74, 6) is 2.12. The molecule has 2 aliphatic rings. The van der Waals surface area contributed by atoms with Crippen LogP contribution in [0.15, 0.2) is 48.5 Å². The van der Waals surface area contributed by atoms with E-state index >= 15 is 0 Å². The molecule has 2 aromatic rings. The molecule has 0 bridgehead atoms. The number of carbonyl (C=O) groups is 1. The minimum absolute atomic E-state index is 0.0312. The molecule has 2 aromatic carbocycles. The molecule has 1 saturated carbocycles. The molecule has 0 radical (unpaired) electrons. The van der Waals surface area contributed by atoms with Gasteiger partial charge in [0.2, 0.25) is 12.7 Å². The first-order chi connectivity index (χ1) is 13.7. The lowest BCUT2D eigenvalue weighted by Crippen LogP contribution is -2.36. The van der Waals surface area contributed by atoms with E-state index in [2.05, 4.69) is 47.6 Å². The van der Waals surface area contributed by atoms with Crippen molar-refractivity contribution in [1.82, 2.24) is 4.90 Å². The highest BCUT2D eigenvalue weighted by Crippen LogP contribution is 2.35. The summed E-state index contributed by atoms with van der Waals surface area (Å²) < 4.78 is 10.7. The zero-order chi connectivity index (χ0) is 19.3.